The van der Waals surface area contributed by atoms with E-state index in [0.29, 0.717) is 0 Å². The molecule has 2 aromatic carbocycles. The maximum absolute atomic E-state index is 13.7. The van der Waals surface area contributed by atoms with Gasteiger partial charge in [-0.2, -0.15) is 0 Å². The van der Waals surface area contributed by atoms with Crippen LogP contribution in [0.5, 0.6) is 0 Å². The molecule has 1 N–H and O–H groups in total. The average molecular weight is 306 g/mol. The maximum atomic E-state index is 13.7. The van der Waals surface area contributed by atoms with E-state index in [1.807, 2.05) is 38.1 Å². The fraction of sp³-hybridized carbons (Fsp3) is 0.235. The number of carbonyl (C=O) groups excluding carboxylic acids is 1. The van der Waals surface area contributed by atoms with Crippen molar-refractivity contribution in [1.29, 1.82) is 0 Å². The molecule has 0 aromatic heterocycles. The van der Waals surface area contributed by atoms with Gasteiger partial charge in [-0.1, -0.05) is 41.9 Å². The van der Waals surface area contributed by atoms with Gasteiger partial charge in [0.1, 0.15) is 5.82 Å². The third-order valence-electron chi connectivity index (χ3n) is 3.43. The number of rotatable bonds is 4. The smallest absolute Gasteiger partial charge is 0.225 e. The Morgan fingerprint density at radius 2 is 1.95 bits per heavy atom. The molecule has 2 aromatic rings. The van der Waals surface area contributed by atoms with Crippen molar-refractivity contribution in [1.82, 2.24) is 5.32 Å². The normalized spacial score (nSPS) is 12.0. The van der Waals surface area contributed by atoms with Crippen molar-refractivity contribution in [2.45, 2.75) is 26.3 Å². The van der Waals surface area contributed by atoms with Crippen molar-refractivity contribution in [3.05, 3.63) is 70.0 Å². The molecule has 0 saturated heterocycles. The van der Waals surface area contributed by atoms with Gasteiger partial charge in [0.25, 0.3) is 0 Å². The first-order valence-electron chi connectivity index (χ1n) is 6.77. The summed E-state index contributed by atoms with van der Waals surface area (Å²) in [5.41, 5.74) is 2.38. The van der Waals surface area contributed by atoms with E-state index >= 15 is 0 Å². The van der Waals surface area contributed by atoms with Crippen molar-refractivity contribution < 1.29 is 9.18 Å². The topological polar surface area (TPSA) is 29.1 Å². The minimum absolute atomic E-state index is 0.0677. The van der Waals surface area contributed by atoms with Gasteiger partial charge in [-0.15, -0.1) is 0 Å². The second kappa shape index (κ2) is 6.72. The number of nitrogens with one attached hydrogen (secondary N) is 1. The molecule has 0 bridgehead atoms. The summed E-state index contributed by atoms with van der Waals surface area (Å²) in [6.45, 7) is 3.90. The Morgan fingerprint density at radius 3 is 2.62 bits per heavy atom. The van der Waals surface area contributed by atoms with E-state index in [2.05, 4.69) is 5.32 Å². The average Bonchev–Trinajstić information content (AvgIpc) is 2.43. The molecule has 0 aliphatic heterocycles. The maximum Gasteiger partial charge on any atom is 0.225 e. The molecule has 2 nitrogen and oxygen atoms in total. The summed E-state index contributed by atoms with van der Waals surface area (Å²) in [7, 11) is 0. The number of carbonyl (C=O) groups is 1. The summed E-state index contributed by atoms with van der Waals surface area (Å²) >= 11 is 5.93. The first kappa shape index (κ1) is 15.5. The predicted octanol–water partition coefficient (Wildman–Crippen LogP) is 4.21. The summed E-state index contributed by atoms with van der Waals surface area (Å²) < 4.78 is 13.7. The van der Waals surface area contributed by atoms with Gasteiger partial charge in [-0.25, -0.2) is 4.39 Å². The van der Waals surface area contributed by atoms with Crippen molar-refractivity contribution in [2.75, 3.05) is 0 Å². The highest BCUT2D eigenvalue weighted by Gasteiger charge is 2.15. The van der Waals surface area contributed by atoms with Crippen LogP contribution in [0.25, 0.3) is 0 Å². The standard InChI is InChI=1S/C17H17ClFNO/c1-11-6-3-4-7-13(11)12(2)20-17(21)10-14-15(18)8-5-9-16(14)19/h3-9,12H,10H2,1-2H3,(H,20,21). The molecule has 0 aliphatic rings. The first-order valence-corrected chi connectivity index (χ1v) is 7.14. The van der Waals surface area contributed by atoms with E-state index in [0.717, 1.165) is 11.1 Å². The third-order valence-corrected chi connectivity index (χ3v) is 3.79. The minimum atomic E-state index is -0.457. The van der Waals surface area contributed by atoms with Crippen LogP contribution in [0.3, 0.4) is 0 Å². The zero-order chi connectivity index (χ0) is 15.4. The summed E-state index contributed by atoms with van der Waals surface area (Å²) in [4.78, 5) is 12.1. The second-order valence-corrected chi connectivity index (χ2v) is 5.43. The van der Waals surface area contributed by atoms with Crippen LogP contribution in [0.15, 0.2) is 42.5 Å². The molecular formula is C17H17ClFNO. The SMILES string of the molecule is Cc1ccccc1C(C)NC(=O)Cc1c(F)cccc1Cl. The monoisotopic (exact) mass is 305 g/mol. The van der Waals surface area contributed by atoms with Gasteiger partial charge >= 0.3 is 0 Å². The zero-order valence-corrected chi connectivity index (χ0v) is 12.7. The van der Waals surface area contributed by atoms with Crippen LogP contribution < -0.4 is 5.32 Å². The molecule has 0 spiro atoms. The highest BCUT2D eigenvalue weighted by molar-refractivity contribution is 6.31. The molecule has 2 rings (SSSR count). The lowest BCUT2D eigenvalue weighted by molar-refractivity contribution is -0.121. The van der Waals surface area contributed by atoms with Crippen LogP contribution in [-0.2, 0) is 11.2 Å². The molecule has 0 saturated carbocycles. The van der Waals surface area contributed by atoms with Gasteiger partial charge in [0, 0.05) is 10.6 Å². The van der Waals surface area contributed by atoms with Crippen molar-refractivity contribution in [3.63, 3.8) is 0 Å². The van der Waals surface area contributed by atoms with Gasteiger partial charge in [0.15, 0.2) is 0 Å². The molecule has 0 heterocycles. The summed E-state index contributed by atoms with van der Waals surface area (Å²) in [6, 6.07) is 12.1. The Kier molecular flexibility index (Phi) is 4.97. The third kappa shape index (κ3) is 3.82. The number of amides is 1. The molecular weight excluding hydrogens is 289 g/mol. The quantitative estimate of drug-likeness (QED) is 0.901. The Labute approximate surface area is 128 Å². The van der Waals surface area contributed by atoms with E-state index < -0.39 is 5.82 Å². The van der Waals surface area contributed by atoms with Gasteiger partial charge in [-0.3, -0.25) is 4.79 Å². The molecule has 1 amide bonds. The van der Waals surface area contributed by atoms with Gasteiger partial charge in [0.05, 0.1) is 12.5 Å². The molecule has 4 heteroatoms. The molecule has 1 atom stereocenters. The number of aryl methyl sites for hydroxylation is 1. The van der Waals surface area contributed by atoms with Crippen LogP contribution in [0.2, 0.25) is 5.02 Å². The predicted molar refractivity (Wildman–Crippen MR) is 82.9 cm³/mol. The first-order chi connectivity index (χ1) is 9.99. The van der Waals surface area contributed by atoms with Crippen molar-refractivity contribution >= 4 is 17.5 Å². The van der Waals surface area contributed by atoms with E-state index in [1.165, 1.54) is 12.1 Å². The van der Waals surface area contributed by atoms with E-state index in [-0.39, 0.29) is 29.0 Å². The summed E-state index contributed by atoms with van der Waals surface area (Å²) in [6.07, 6.45) is -0.0677. The number of hydrogen-bond donors (Lipinski definition) is 1. The van der Waals surface area contributed by atoms with E-state index in [4.69, 9.17) is 11.6 Å². The molecule has 1 unspecified atom stereocenters. The van der Waals surface area contributed by atoms with Crippen LogP contribution in [0.1, 0.15) is 29.7 Å². The molecule has 0 fully saturated rings. The van der Waals surface area contributed by atoms with Gasteiger partial charge in [0.2, 0.25) is 5.91 Å². The fourth-order valence-corrected chi connectivity index (χ4v) is 2.53. The molecule has 0 radical (unpaired) electrons. The second-order valence-electron chi connectivity index (χ2n) is 5.02. The minimum Gasteiger partial charge on any atom is -0.349 e. The summed E-state index contributed by atoms with van der Waals surface area (Å²) in [5, 5.41) is 3.15. The van der Waals surface area contributed by atoms with Crippen LogP contribution >= 0.6 is 11.6 Å². The Bertz CT molecular complexity index is 637. The lowest BCUT2D eigenvalue weighted by Gasteiger charge is -2.17. The van der Waals surface area contributed by atoms with Crippen molar-refractivity contribution in [3.8, 4) is 0 Å². The Morgan fingerprint density at radius 1 is 1.24 bits per heavy atom. The van der Waals surface area contributed by atoms with Gasteiger partial charge < -0.3 is 5.32 Å². The summed E-state index contributed by atoms with van der Waals surface area (Å²) in [5.74, 6) is -0.709. The lowest BCUT2D eigenvalue weighted by atomic mass is 10.0. The zero-order valence-electron chi connectivity index (χ0n) is 12.0. The Hall–Kier alpha value is -1.87. The molecule has 21 heavy (non-hydrogen) atoms. The molecule has 0 aliphatic carbocycles. The fourth-order valence-electron chi connectivity index (χ4n) is 2.30. The van der Waals surface area contributed by atoms with Crippen LogP contribution in [0.4, 0.5) is 4.39 Å². The highest BCUT2D eigenvalue weighted by atomic mass is 35.5. The number of halogens is 2. The van der Waals surface area contributed by atoms with Gasteiger partial charge in [-0.05, 0) is 37.1 Å². The van der Waals surface area contributed by atoms with Crippen molar-refractivity contribution in [2.24, 2.45) is 0 Å². The van der Waals surface area contributed by atoms with Crippen LogP contribution in [0, 0.1) is 12.7 Å². The highest BCUT2D eigenvalue weighted by Crippen LogP contribution is 2.21. The number of hydrogen-bond acceptors (Lipinski definition) is 1. The van der Waals surface area contributed by atoms with E-state index in [1.54, 1.807) is 6.07 Å². The Balaban J connectivity index is 2.07. The lowest BCUT2D eigenvalue weighted by Crippen LogP contribution is -2.28. The van der Waals surface area contributed by atoms with E-state index in [9.17, 15) is 9.18 Å². The largest absolute Gasteiger partial charge is 0.349 e. The molecule has 110 valence electrons. The number of benzene rings is 2. The van der Waals surface area contributed by atoms with Crippen LogP contribution in [-0.4, -0.2) is 5.91 Å².